The number of carbonyl (C=O) groups is 3. The fraction of sp³-hybridized carbons (Fsp3) is 0.167. The average molecular weight is 474 g/mol. The minimum atomic E-state index is -0.762. The van der Waals surface area contributed by atoms with Gasteiger partial charge < -0.3 is 15.4 Å². The normalized spacial score (nSPS) is 12.3. The molecular formula is C24H19FN6O4. The summed E-state index contributed by atoms with van der Waals surface area (Å²) >= 11 is 0. The van der Waals surface area contributed by atoms with Gasteiger partial charge in [-0.1, -0.05) is 6.07 Å². The van der Waals surface area contributed by atoms with Crippen molar-refractivity contribution in [2.24, 2.45) is 0 Å². The number of benzene rings is 1. The Kier molecular flexibility index (Phi) is 5.65. The molecule has 0 atom stereocenters. The second-order valence-corrected chi connectivity index (χ2v) is 8.02. The van der Waals surface area contributed by atoms with E-state index in [0.717, 1.165) is 33.1 Å². The highest BCUT2D eigenvalue weighted by Gasteiger charge is 2.22. The molecule has 1 aliphatic rings. The predicted molar refractivity (Wildman–Crippen MR) is 120 cm³/mol. The van der Waals surface area contributed by atoms with E-state index in [1.165, 1.54) is 6.07 Å². The van der Waals surface area contributed by atoms with Crippen LogP contribution in [-0.2, 0) is 24.3 Å². The highest BCUT2D eigenvalue weighted by atomic mass is 19.1. The fourth-order valence-corrected chi connectivity index (χ4v) is 3.77. The number of amides is 2. The zero-order valence-corrected chi connectivity index (χ0v) is 18.5. The van der Waals surface area contributed by atoms with Crippen LogP contribution in [0.2, 0.25) is 0 Å². The third-order valence-corrected chi connectivity index (χ3v) is 5.44. The summed E-state index contributed by atoms with van der Waals surface area (Å²) in [6.45, 7) is 2.19. The van der Waals surface area contributed by atoms with Crippen LogP contribution in [0.25, 0.3) is 5.65 Å². The Morgan fingerprint density at radius 3 is 2.66 bits per heavy atom. The summed E-state index contributed by atoms with van der Waals surface area (Å²) in [6, 6.07) is 10.0. The molecule has 11 heteroatoms. The quantitative estimate of drug-likeness (QED) is 0.323. The highest BCUT2D eigenvalue weighted by molar-refractivity contribution is 5.98. The molecule has 176 valence electrons. The van der Waals surface area contributed by atoms with Gasteiger partial charge >= 0.3 is 5.97 Å². The molecule has 0 aliphatic carbocycles. The van der Waals surface area contributed by atoms with Crippen LogP contribution < -0.4 is 15.4 Å². The molecule has 35 heavy (non-hydrogen) atoms. The Balaban J connectivity index is 1.35. The molecule has 0 spiro atoms. The van der Waals surface area contributed by atoms with Crippen molar-refractivity contribution >= 4 is 23.4 Å². The number of aromatic nitrogens is 4. The molecule has 4 heterocycles. The van der Waals surface area contributed by atoms with Crippen molar-refractivity contribution in [1.82, 2.24) is 30.2 Å². The monoisotopic (exact) mass is 474 g/mol. The molecule has 0 radical (unpaired) electrons. The largest absolute Gasteiger partial charge is 0.426 e. The first-order valence-corrected chi connectivity index (χ1v) is 10.7. The van der Waals surface area contributed by atoms with Gasteiger partial charge in [-0.2, -0.15) is 5.10 Å². The van der Waals surface area contributed by atoms with E-state index >= 15 is 0 Å². The smallest absolute Gasteiger partial charge is 0.315 e. The van der Waals surface area contributed by atoms with E-state index in [9.17, 15) is 18.8 Å². The molecule has 5 rings (SSSR count). The number of aryl methyl sites for hydroxylation is 1. The van der Waals surface area contributed by atoms with Crippen molar-refractivity contribution in [3.8, 4) is 5.75 Å². The van der Waals surface area contributed by atoms with Gasteiger partial charge in [-0.15, -0.1) is 0 Å². The molecule has 2 N–H and O–H groups in total. The van der Waals surface area contributed by atoms with Crippen LogP contribution in [0.4, 0.5) is 4.39 Å². The Hall–Kier alpha value is -4.67. The predicted octanol–water partition coefficient (Wildman–Crippen LogP) is 1.89. The first-order valence-electron chi connectivity index (χ1n) is 10.7. The average Bonchev–Trinajstić information content (AvgIpc) is 3.41. The van der Waals surface area contributed by atoms with Gasteiger partial charge in [-0.3, -0.25) is 19.4 Å². The molecule has 10 nitrogen and oxygen atoms in total. The number of rotatable bonds is 6. The molecule has 4 aromatic rings. The van der Waals surface area contributed by atoms with Crippen LogP contribution in [0.3, 0.4) is 0 Å². The van der Waals surface area contributed by atoms with E-state index < -0.39 is 17.6 Å². The van der Waals surface area contributed by atoms with Crippen LogP contribution in [0, 0.1) is 12.7 Å². The number of fused-ring (bicyclic) bond motifs is 2. The lowest BCUT2D eigenvalue weighted by Crippen LogP contribution is -2.28. The maximum atomic E-state index is 14.3. The van der Waals surface area contributed by atoms with E-state index in [1.54, 1.807) is 30.5 Å². The number of nitrogens with zero attached hydrogens (tertiary/aromatic N) is 4. The van der Waals surface area contributed by atoms with E-state index in [2.05, 4.69) is 25.7 Å². The molecule has 1 aromatic carbocycles. The Bertz CT molecular complexity index is 1500. The van der Waals surface area contributed by atoms with Crippen molar-refractivity contribution in [1.29, 1.82) is 0 Å². The maximum absolute atomic E-state index is 14.3. The first kappa shape index (κ1) is 22.1. The summed E-state index contributed by atoms with van der Waals surface area (Å²) in [5.41, 5.74) is 2.71. The van der Waals surface area contributed by atoms with Gasteiger partial charge in [0.1, 0.15) is 17.1 Å². The zero-order chi connectivity index (χ0) is 24.5. The molecule has 2 amide bonds. The molecular weight excluding hydrogens is 455 g/mol. The topological polar surface area (TPSA) is 128 Å². The third kappa shape index (κ3) is 4.56. The number of pyridine rings is 1. The van der Waals surface area contributed by atoms with Crippen LogP contribution in [0.1, 0.15) is 43.4 Å². The number of hydrogen-bond acceptors (Lipinski definition) is 7. The fourth-order valence-electron chi connectivity index (χ4n) is 3.77. The third-order valence-electron chi connectivity index (χ3n) is 5.44. The lowest BCUT2D eigenvalue weighted by Gasteiger charge is -2.10. The number of hydrogen-bond donors (Lipinski definition) is 2. The highest BCUT2D eigenvalue weighted by Crippen LogP contribution is 2.26. The molecule has 0 saturated heterocycles. The van der Waals surface area contributed by atoms with E-state index in [1.807, 2.05) is 13.0 Å². The van der Waals surface area contributed by atoms with Crippen LogP contribution in [0.5, 0.6) is 5.75 Å². The first-order chi connectivity index (χ1) is 16.9. The standard InChI is InChI=1S/C24H19FN6O4/c1-13-6-15(4-5-26-13)11-28-24(34)19-9-18(30-22-17(25)12-29-31(19)22)23(33)27-10-14-2-3-20-16(7-14)8-21(32)35-20/h2-7,9,12H,8,10-11H2,1H3,(H,27,33)(H,28,34). The lowest BCUT2D eigenvalue weighted by atomic mass is 10.1. The van der Waals surface area contributed by atoms with Crippen LogP contribution in [-0.4, -0.2) is 37.4 Å². The van der Waals surface area contributed by atoms with Crippen molar-refractivity contribution in [2.75, 3.05) is 0 Å². The van der Waals surface area contributed by atoms with Gasteiger partial charge in [0, 0.05) is 36.6 Å². The molecule has 0 unspecified atom stereocenters. The number of ether oxygens (including phenoxy) is 1. The van der Waals surface area contributed by atoms with Gasteiger partial charge in [0.2, 0.25) is 0 Å². The molecule has 3 aromatic heterocycles. The molecule has 0 saturated carbocycles. The number of nitrogens with one attached hydrogen (secondary N) is 2. The minimum Gasteiger partial charge on any atom is -0.426 e. The summed E-state index contributed by atoms with van der Waals surface area (Å²) < 4.78 is 20.4. The molecule has 0 fully saturated rings. The van der Waals surface area contributed by atoms with Gasteiger partial charge in [0.25, 0.3) is 11.8 Å². The van der Waals surface area contributed by atoms with Crippen molar-refractivity contribution < 1.29 is 23.5 Å². The van der Waals surface area contributed by atoms with E-state index in [-0.39, 0.29) is 42.5 Å². The van der Waals surface area contributed by atoms with E-state index in [0.29, 0.717) is 5.75 Å². The Morgan fingerprint density at radius 2 is 1.86 bits per heavy atom. The van der Waals surface area contributed by atoms with Crippen LogP contribution >= 0.6 is 0 Å². The Morgan fingerprint density at radius 1 is 1.09 bits per heavy atom. The van der Waals surface area contributed by atoms with Gasteiger partial charge in [-0.25, -0.2) is 13.9 Å². The second-order valence-electron chi connectivity index (χ2n) is 8.02. The zero-order valence-electron chi connectivity index (χ0n) is 18.5. The van der Waals surface area contributed by atoms with Gasteiger partial charge in [0.05, 0.1) is 12.6 Å². The summed E-state index contributed by atoms with van der Waals surface area (Å²) in [5, 5.41) is 9.33. The molecule has 0 bridgehead atoms. The number of halogens is 1. The lowest BCUT2D eigenvalue weighted by molar-refractivity contribution is -0.131. The summed E-state index contributed by atoms with van der Waals surface area (Å²) in [5.74, 6) is -1.73. The maximum Gasteiger partial charge on any atom is 0.315 e. The minimum absolute atomic E-state index is 0.0389. The van der Waals surface area contributed by atoms with Crippen molar-refractivity contribution in [2.45, 2.75) is 26.4 Å². The summed E-state index contributed by atoms with van der Waals surface area (Å²) in [7, 11) is 0. The number of esters is 1. The number of carbonyl (C=O) groups excluding carboxylic acids is 3. The molecule has 1 aliphatic heterocycles. The summed E-state index contributed by atoms with van der Waals surface area (Å²) in [4.78, 5) is 45.3. The second kappa shape index (κ2) is 8.93. The Labute approximate surface area is 198 Å². The van der Waals surface area contributed by atoms with E-state index in [4.69, 9.17) is 4.74 Å². The van der Waals surface area contributed by atoms with Crippen molar-refractivity contribution in [3.63, 3.8) is 0 Å². The van der Waals surface area contributed by atoms with Gasteiger partial charge in [0.15, 0.2) is 11.5 Å². The summed E-state index contributed by atoms with van der Waals surface area (Å²) in [6.07, 6.45) is 2.74. The van der Waals surface area contributed by atoms with Crippen molar-refractivity contribution in [3.05, 3.63) is 88.4 Å². The van der Waals surface area contributed by atoms with Gasteiger partial charge in [-0.05, 0) is 42.3 Å². The van der Waals surface area contributed by atoms with Crippen LogP contribution in [0.15, 0.2) is 48.8 Å². The SMILES string of the molecule is Cc1cc(CNC(=O)c2cc(C(=O)NCc3ccc4c(c3)CC(=O)O4)nc3c(F)cnn23)ccn1.